The molecule has 1 heterocycles. The molecule has 1 rings (SSSR count). The molecule has 0 radical (unpaired) electrons. The molecule has 0 saturated carbocycles. The molecule has 2 N–H and O–H groups in total. The molecule has 0 amide bonds. The second-order valence-electron chi connectivity index (χ2n) is 4.31. The number of aliphatic hydroxyl groups is 1. The number of carbonyl (C=O) groups is 1. The third kappa shape index (κ3) is 3.54. The number of carboxylic acids is 1. The number of aryl methyl sites for hydroxylation is 1. The quantitative estimate of drug-likeness (QED) is 0.766. The van der Waals surface area contributed by atoms with Crippen molar-refractivity contribution in [1.29, 1.82) is 0 Å². The van der Waals surface area contributed by atoms with E-state index in [0.29, 0.717) is 12.2 Å². The zero-order valence-corrected chi connectivity index (χ0v) is 10.9. The normalized spacial score (nSPS) is 16.2. The summed E-state index contributed by atoms with van der Waals surface area (Å²) in [7, 11) is 0. The van der Waals surface area contributed by atoms with Gasteiger partial charge < -0.3 is 19.5 Å². The lowest BCUT2D eigenvalue weighted by atomic mass is 10.2. The zero-order chi connectivity index (χ0) is 13.7. The molecule has 6 nitrogen and oxygen atoms in total. The molecule has 1 aromatic heterocycles. The van der Waals surface area contributed by atoms with E-state index in [1.807, 2.05) is 6.92 Å². The number of hydrogen-bond acceptors (Lipinski definition) is 4. The maximum absolute atomic E-state index is 11.3. The molecule has 102 valence electrons. The molecule has 3 atom stereocenters. The van der Waals surface area contributed by atoms with Crippen LogP contribution in [0, 0.1) is 0 Å². The Morgan fingerprint density at radius 2 is 2.22 bits per heavy atom. The Bertz CT molecular complexity index is 389. The van der Waals surface area contributed by atoms with E-state index in [1.54, 1.807) is 24.7 Å². The molecule has 0 aromatic carbocycles. The number of aliphatic carboxylic acids is 1. The minimum absolute atomic E-state index is 0.497. The summed E-state index contributed by atoms with van der Waals surface area (Å²) in [6.07, 6.45) is 1.56. The van der Waals surface area contributed by atoms with E-state index in [9.17, 15) is 15.0 Å². The molecule has 0 saturated heterocycles. The first-order chi connectivity index (χ1) is 8.47. The van der Waals surface area contributed by atoms with E-state index in [0.717, 1.165) is 6.42 Å². The Kier molecular flexibility index (Phi) is 5.30. The Morgan fingerprint density at radius 1 is 1.56 bits per heavy atom. The number of aromatic nitrogens is 2. The van der Waals surface area contributed by atoms with Gasteiger partial charge in [-0.2, -0.15) is 0 Å². The maximum Gasteiger partial charge on any atom is 0.339 e. The van der Waals surface area contributed by atoms with Gasteiger partial charge in [-0.3, -0.25) is 0 Å². The molecule has 0 aliphatic carbocycles. The molecule has 0 spiro atoms. The van der Waals surface area contributed by atoms with Gasteiger partial charge in [0.05, 0.1) is 30.4 Å². The van der Waals surface area contributed by atoms with Crippen LogP contribution in [0.1, 0.15) is 39.0 Å². The van der Waals surface area contributed by atoms with Crippen molar-refractivity contribution in [2.45, 2.75) is 52.0 Å². The smallest absolute Gasteiger partial charge is 0.339 e. The van der Waals surface area contributed by atoms with Crippen molar-refractivity contribution >= 4 is 5.97 Å². The van der Waals surface area contributed by atoms with Crippen LogP contribution in [-0.2, 0) is 16.1 Å². The van der Waals surface area contributed by atoms with Gasteiger partial charge in [0.15, 0.2) is 6.10 Å². The van der Waals surface area contributed by atoms with Gasteiger partial charge >= 0.3 is 5.97 Å². The van der Waals surface area contributed by atoms with Crippen molar-refractivity contribution in [2.75, 3.05) is 0 Å². The van der Waals surface area contributed by atoms with Gasteiger partial charge in [-0.05, 0) is 20.3 Å². The van der Waals surface area contributed by atoms with Crippen LogP contribution in [0.2, 0.25) is 0 Å². The third-order valence-electron chi connectivity index (χ3n) is 2.73. The highest BCUT2D eigenvalue weighted by Crippen LogP contribution is 2.20. The van der Waals surface area contributed by atoms with Crippen LogP contribution in [0.5, 0.6) is 0 Å². The average Bonchev–Trinajstić information content (AvgIpc) is 2.73. The van der Waals surface area contributed by atoms with Gasteiger partial charge in [-0.15, -0.1) is 0 Å². The summed E-state index contributed by atoms with van der Waals surface area (Å²) in [4.78, 5) is 15.2. The predicted molar refractivity (Wildman–Crippen MR) is 65.1 cm³/mol. The van der Waals surface area contributed by atoms with E-state index in [-0.39, 0.29) is 0 Å². The number of hydrogen-bond donors (Lipinski definition) is 2. The molecule has 18 heavy (non-hydrogen) atoms. The van der Waals surface area contributed by atoms with E-state index < -0.39 is 24.3 Å². The summed E-state index contributed by atoms with van der Waals surface area (Å²) in [5, 5.41) is 18.6. The van der Waals surface area contributed by atoms with Crippen LogP contribution in [0.4, 0.5) is 0 Å². The zero-order valence-electron chi connectivity index (χ0n) is 10.9. The van der Waals surface area contributed by atoms with E-state index in [4.69, 9.17) is 4.74 Å². The van der Waals surface area contributed by atoms with E-state index >= 15 is 0 Å². The molecular formula is C12H20N2O4. The predicted octanol–water partition coefficient (Wildman–Crippen LogP) is 1.20. The van der Waals surface area contributed by atoms with Gasteiger partial charge in [0.1, 0.15) is 0 Å². The first kappa shape index (κ1) is 14.7. The maximum atomic E-state index is 11.3. The number of carboxylic acid groups (broad SMARTS) is 1. The highest BCUT2D eigenvalue weighted by Gasteiger charge is 2.27. The SMILES string of the molecule is CCCn1cncc1C(OC(C)C(C)O)C(=O)O. The highest BCUT2D eigenvalue weighted by molar-refractivity contribution is 5.73. The number of ether oxygens (including phenoxy) is 1. The van der Waals surface area contributed by atoms with Gasteiger partial charge in [0, 0.05) is 6.54 Å². The van der Waals surface area contributed by atoms with Crippen molar-refractivity contribution in [3.8, 4) is 0 Å². The Morgan fingerprint density at radius 3 is 2.72 bits per heavy atom. The lowest BCUT2D eigenvalue weighted by Crippen LogP contribution is -2.29. The fourth-order valence-corrected chi connectivity index (χ4v) is 1.56. The summed E-state index contributed by atoms with van der Waals surface area (Å²) >= 11 is 0. The molecular weight excluding hydrogens is 236 g/mol. The molecule has 1 aromatic rings. The molecule has 0 bridgehead atoms. The van der Waals surface area contributed by atoms with Gasteiger partial charge in [-0.1, -0.05) is 6.92 Å². The molecule has 0 aliphatic rings. The van der Waals surface area contributed by atoms with Crippen LogP contribution in [0.25, 0.3) is 0 Å². The number of rotatable bonds is 7. The van der Waals surface area contributed by atoms with E-state index in [2.05, 4.69) is 4.98 Å². The van der Waals surface area contributed by atoms with Crippen molar-refractivity contribution in [1.82, 2.24) is 9.55 Å². The van der Waals surface area contributed by atoms with Crippen LogP contribution >= 0.6 is 0 Å². The second-order valence-corrected chi connectivity index (χ2v) is 4.31. The summed E-state index contributed by atoms with van der Waals surface area (Å²) in [6.45, 7) is 5.89. The van der Waals surface area contributed by atoms with Crippen molar-refractivity contribution in [3.05, 3.63) is 18.2 Å². The lowest BCUT2D eigenvalue weighted by Gasteiger charge is -2.22. The highest BCUT2D eigenvalue weighted by atomic mass is 16.5. The summed E-state index contributed by atoms with van der Waals surface area (Å²) < 4.78 is 7.15. The van der Waals surface area contributed by atoms with Crippen LogP contribution in [-0.4, -0.2) is 37.9 Å². The lowest BCUT2D eigenvalue weighted by molar-refractivity contribution is -0.159. The van der Waals surface area contributed by atoms with Crippen LogP contribution in [0.3, 0.4) is 0 Å². The monoisotopic (exact) mass is 256 g/mol. The third-order valence-corrected chi connectivity index (χ3v) is 2.73. The molecule has 0 fully saturated rings. The molecule has 3 unspecified atom stereocenters. The topological polar surface area (TPSA) is 84.6 Å². The first-order valence-electron chi connectivity index (χ1n) is 6.03. The second kappa shape index (κ2) is 6.51. The number of aliphatic hydroxyl groups excluding tert-OH is 1. The average molecular weight is 256 g/mol. The summed E-state index contributed by atoms with van der Waals surface area (Å²) in [5.41, 5.74) is 0.497. The van der Waals surface area contributed by atoms with Gasteiger partial charge in [0.2, 0.25) is 0 Å². The minimum atomic E-state index is -1.11. The molecule has 6 heteroatoms. The van der Waals surface area contributed by atoms with Crippen LogP contribution < -0.4 is 0 Å². The first-order valence-corrected chi connectivity index (χ1v) is 6.03. The fraction of sp³-hybridized carbons (Fsp3) is 0.667. The number of imidazole rings is 1. The fourth-order valence-electron chi connectivity index (χ4n) is 1.56. The summed E-state index contributed by atoms with van der Waals surface area (Å²) in [5.74, 6) is -1.08. The Balaban J connectivity index is 2.90. The Labute approximate surface area is 106 Å². The van der Waals surface area contributed by atoms with E-state index in [1.165, 1.54) is 6.20 Å². The summed E-state index contributed by atoms with van der Waals surface area (Å²) in [6, 6.07) is 0. The minimum Gasteiger partial charge on any atom is -0.479 e. The van der Waals surface area contributed by atoms with Crippen LogP contribution in [0.15, 0.2) is 12.5 Å². The van der Waals surface area contributed by atoms with Crippen molar-refractivity contribution in [3.63, 3.8) is 0 Å². The largest absolute Gasteiger partial charge is 0.479 e. The standard InChI is InChI=1S/C12H20N2O4/c1-4-5-14-7-13-6-10(14)11(12(16)17)18-9(3)8(2)15/h6-9,11,15H,4-5H2,1-3H3,(H,16,17). The van der Waals surface area contributed by atoms with Gasteiger partial charge in [0.25, 0.3) is 0 Å². The number of nitrogens with zero attached hydrogens (tertiary/aromatic N) is 2. The molecule has 0 aliphatic heterocycles. The Hall–Kier alpha value is -1.40. The van der Waals surface area contributed by atoms with Gasteiger partial charge in [-0.25, -0.2) is 9.78 Å². The van der Waals surface area contributed by atoms with Crippen molar-refractivity contribution in [2.24, 2.45) is 0 Å². The van der Waals surface area contributed by atoms with Crippen molar-refractivity contribution < 1.29 is 19.7 Å².